The van der Waals surface area contributed by atoms with E-state index in [9.17, 15) is 34.5 Å². The Morgan fingerprint density at radius 1 is 0.442 bits per heavy atom. The molecule has 1 saturated heterocycles. The summed E-state index contributed by atoms with van der Waals surface area (Å²) in [6.45, 7) is 5.83. The van der Waals surface area contributed by atoms with Crippen molar-refractivity contribution in [3.63, 3.8) is 0 Å². The molecule has 0 aromatic rings. The number of rotatable bonds is 53. The highest BCUT2D eigenvalue weighted by molar-refractivity contribution is 5.74. The lowest BCUT2D eigenvalue weighted by Gasteiger charge is -2.40. The number of aliphatic carboxylic acids is 1. The van der Waals surface area contributed by atoms with Crippen molar-refractivity contribution in [3.8, 4) is 0 Å². The molecular weight excluding hydrogens is 973 g/mol. The van der Waals surface area contributed by atoms with Crippen molar-refractivity contribution in [2.45, 2.75) is 314 Å². The number of carbonyl (C=O) groups excluding carboxylic acids is 3. The molecule has 6 unspecified atom stereocenters. The number of ether oxygens (including phenoxy) is 5. The Morgan fingerprint density at radius 2 is 0.844 bits per heavy atom. The number of aliphatic hydroxyl groups excluding tert-OH is 2. The minimum atomic E-state index is -1.91. The molecule has 1 heterocycles. The van der Waals surface area contributed by atoms with Crippen LogP contribution in [0.2, 0.25) is 0 Å². The number of aliphatic hydroxyl groups is 2. The lowest BCUT2D eigenvalue weighted by atomic mass is 9.98. The van der Waals surface area contributed by atoms with Gasteiger partial charge in [-0.2, -0.15) is 0 Å². The topological polar surface area (TPSA) is 175 Å². The molecule has 0 bridgehead atoms. The first-order chi connectivity index (χ1) is 37.6. The van der Waals surface area contributed by atoms with Crippen molar-refractivity contribution < 1.29 is 58.2 Å². The quantitative estimate of drug-likeness (QED) is 0.0228. The summed E-state index contributed by atoms with van der Waals surface area (Å²) in [5, 5.41) is 31.5. The fraction of sp³-hybridized carbons (Fsp3) is 0.785. The zero-order chi connectivity index (χ0) is 56.1. The number of unbranched alkanes of at least 4 members (excludes halogenated alkanes) is 29. The lowest BCUT2D eigenvalue weighted by Crippen LogP contribution is -2.61. The van der Waals surface area contributed by atoms with Crippen LogP contribution < -0.4 is 0 Å². The van der Waals surface area contributed by atoms with E-state index in [1.54, 1.807) is 0 Å². The first-order valence-electron chi connectivity index (χ1n) is 31.3. The van der Waals surface area contributed by atoms with Crippen molar-refractivity contribution in [2.24, 2.45) is 0 Å². The first-order valence-corrected chi connectivity index (χ1v) is 31.3. The Kier molecular flexibility index (Phi) is 49.2. The van der Waals surface area contributed by atoms with Gasteiger partial charge >= 0.3 is 23.9 Å². The van der Waals surface area contributed by atoms with Crippen LogP contribution in [0.4, 0.5) is 0 Å². The van der Waals surface area contributed by atoms with E-state index in [0.717, 1.165) is 135 Å². The molecule has 0 amide bonds. The van der Waals surface area contributed by atoms with Gasteiger partial charge in [0.1, 0.15) is 18.8 Å². The largest absolute Gasteiger partial charge is 0.479 e. The smallest absolute Gasteiger partial charge is 0.335 e. The molecule has 444 valence electrons. The highest BCUT2D eigenvalue weighted by atomic mass is 16.7. The maximum atomic E-state index is 13.1. The van der Waals surface area contributed by atoms with E-state index in [4.69, 9.17) is 23.7 Å². The summed E-state index contributed by atoms with van der Waals surface area (Å²) in [5.41, 5.74) is 0. The molecule has 0 saturated carbocycles. The summed E-state index contributed by atoms with van der Waals surface area (Å²) in [4.78, 5) is 51.2. The van der Waals surface area contributed by atoms with Gasteiger partial charge in [-0.1, -0.05) is 242 Å². The van der Waals surface area contributed by atoms with Gasteiger partial charge in [0, 0.05) is 19.3 Å². The molecule has 0 aliphatic carbocycles. The van der Waals surface area contributed by atoms with Crippen LogP contribution in [0.15, 0.2) is 60.8 Å². The van der Waals surface area contributed by atoms with Gasteiger partial charge in [0.15, 0.2) is 24.6 Å². The van der Waals surface area contributed by atoms with E-state index >= 15 is 0 Å². The van der Waals surface area contributed by atoms with Crippen LogP contribution in [0.3, 0.4) is 0 Å². The highest BCUT2D eigenvalue weighted by Crippen LogP contribution is 2.27. The molecule has 0 spiro atoms. The predicted octanol–water partition coefficient (Wildman–Crippen LogP) is 16.3. The fourth-order valence-electron chi connectivity index (χ4n) is 9.30. The van der Waals surface area contributed by atoms with E-state index in [2.05, 4.69) is 81.5 Å². The maximum Gasteiger partial charge on any atom is 0.335 e. The molecular formula is C65H112O12. The normalized spacial score (nSPS) is 18.4. The fourth-order valence-corrected chi connectivity index (χ4v) is 9.30. The average molecular weight is 1090 g/mol. The zero-order valence-corrected chi connectivity index (χ0v) is 49.0. The van der Waals surface area contributed by atoms with Gasteiger partial charge < -0.3 is 39.0 Å². The Balaban J connectivity index is 2.66. The van der Waals surface area contributed by atoms with Crippen molar-refractivity contribution in [3.05, 3.63) is 60.8 Å². The molecule has 3 N–H and O–H groups in total. The monoisotopic (exact) mass is 1080 g/mol. The minimum Gasteiger partial charge on any atom is -0.479 e. The molecule has 0 aromatic carbocycles. The Morgan fingerprint density at radius 3 is 1.30 bits per heavy atom. The van der Waals surface area contributed by atoms with Crippen molar-refractivity contribution in [1.29, 1.82) is 0 Å². The van der Waals surface area contributed by atoms with Crippen LogP contribution >= 0.6 is 0 Å². The lowest BCUT2D eigenvalue weighted by molar-refractivity contribution is -0.301. The zero-order valence-electron chi connectivity index (χ0n) is 49.0. The third kappa shape index (κ3) is 43.0. The molecule has 6 atom stereocenters. The van der Waals surface area contributed by atoms with Gasteiger partial charge in [-0.15, -0.1) is 0 Å². The number of hydrogen-bond donors (Lipinski definition) is 3. The number of hydrogen-bond acceptors (Lipinski definition) is 11. The second kappa shape index (κ2) is 53.1. The molecule has 12 heteroatoms. The standard InChI is InChI=1S/C65H112O12/c1-4-7-10-13-16-19-22-25-27-29-31-34-36-39-42-45-48-51-57(66)73-54-56(75-58(67)52-49-46-43-40-37-33-24-21-18-15-12-9-6-3)55-74-65-63(61(70)60(69)62(77-65)64(71)72)76-59(68)53-50-47-44-41-38-35-32-30-28-26-23-20-17-14-11-8-5-2/h8,11-12,15,17,20-21,24,26,28,56,60-63,65,69-70H,4-7,9-10,13-14,16,18-19,22-23,25,27,29-55H2,1-3H3,(H,71,72)/b11-8-,15-12-,20-17-,24-21-,28-26-. The third-order valence-electron chi connectivity index (χ3n) is 14.1. The van der Waals surface area contributed by atoms with Crippen LogP contribution in [0.1, 0.15) is 278 Å². The van der Waals surface area contributed by atoms with Crippen LogP contribution in [0, 0.1) is 0 Å². The van der Waals surface area contributed by atoms with Gasteiger partial charge in [0.05, 0.1) is 6.61 Å². The van der Waals surface area contributed by atoms with Gasteiger partial charge in [-0.3, -0.25) is 14.4 Å². The van der Waals surface area contributed by atoms with Crippen LogP contribution in [-0.4, -0.2) is 89.2 Å². The molecule has 1 rings (SSSR count). The van der Waals surface area contributed by atoms with Crippen LogP contribution in [0.5, 0.6) is 0 Å². The minimum absolute atomic E-state index is 0.0478. The second-order valence-corrected chi connectivity index (χ2v) is 21.3. The van der Waals surface area contributed by atoms with Gasteiger partial charge in [0.25, 0.3) is 0 Å². The second-order valence-electron chi connectivity index (χ2n) is 21.3. The molecule has 0 aromatic heterocycles. The van der Waals surface area contributed by atoms with E-state index in [1.165, 1.54) is 83.5 Å². The highest BCUT2D eigenvalue weighted by Gasteiger charge is 2.50. The summed E-state index contributed by atoms with van der Waals surface area (Å²) >= 11 is 0. The maximum absolute atomic E-state index is 13.1. The average Bonchev–Trinajstić information content (AvgIpc) is 3.42. The number of esters is 3. The van der Waals surface area contributed by atoms with E-state index < -0.39 is 67.3 Å². The number of carbonyl (C=O) groups is 4. The molecule has 77 heavy (non-hydrogen) atoms. The number of carboxylic acids is 1. The van der Waals surface area contributed by atoms with Gasteiger partial charge in [-0.05, 0) is 77.0 Å². The Hall–Kier alpha value is -3.58. The molecule has 0 radical (unpaired) electrons. The van der Waals surface area contributed by atoms with E-state index in [1.807, 2.05) is 0 Å². The number of allylic oxidation sites excluding steroid dienone is 10. The number of carboxylic acid groups (broad SMARTS) is 1. The van der Waals surface area contributed by atoms with Crippen LogP contribution in [-0.2, 0) is 42.9 Å². The summed E-state index contributed by atoms with van der Waals surface area (Å²) < 4.78 is 28.5. The summed E-state index contributed by atoms with van der Waals surface area (Å²) in [5.74, 6) is -3.13. The van der Waals surface area contributed by atoms with Gasteiger partial charge in [0.2, 0.25) is 0 Å². The Labute approximate surface area is 468 Å². The van der Waals surface area contributed by atoms with Crippen LogP contribution in [0.25, 0.3) is 0 Å². The van der Waals surface area contributed by atoms with Gasteiger partial charge in [-0.25, -0.2) is 4.79 Å². The summed E-state index contributed by atoms with van der Waals surface area (Å²) in [7, 11) is 0. The third-order valence-corrected chi connectivity index (χ3v) is 14.1. The first kappa shape index (κ1) is 71.4. The van der Waals surface area contributed by atoms with E-state index in [-0.39, 0.29) is 25.9 Å². The summed E-state index contributed by atoms with van der Waals surface area (Å²) in [6.07, 6.45) is 53.3. The van der Waals surface area contributed by atoms with E-state index in [0.29, 0.717) is 19.3 Å². The summed E-state index contributed by atoms with van der Waals surface area (Å²) in [6, 6.07) is 0. The Bertz CT molecular complexity index is 1570. The molecule has 1 aliphatic heterocycles. The molecule has 1 fully saturated rings. The SMILES string of the molecule is CC/C=C\C/C=C\C/C=C\CCCCCCCCCC(=O)OC1C(OCC(COC(=O)CCCCCCCCCCCCCCCCCCC)OC(=O)CCCCCCC/C=C\C/C=C\CCC)OC(C(=O)O)C(O)C1O. The van der Waals surface area contributed by atoms with Crippen molar-refractivity contribution in [2.75, 3.05) is 13.2 Å². The molecule has 12 nitrogen and oxygen atoms in total. The van der Waals surface area contributed by atoms with Crippen molar-refractivity contribution in [1.82, 2.24) is 0 Å². The predicted molar refractivity (Wildman–Crippen MR) is 312 cm³/mol. The molecule has 1 aliphatic rings. The van der Waals surface area contributed by atoms with Crippen molar-refractivity contribution >= 4 is 23.9 Å².